The summed E-state index contributed by atoms with van der Waals surface area (Å²) in [5.74, 6) is 1.48. The Hall–Kier alpha value is -1.29. The third-order valence-electron chi connectivity index (χ3n) is 2.96. The van der Waals surface area contributed by atoms with Gasteiger partial charge in [-0.15, -0.1) is 0 Å². The van der Waals surface area contributed by atoms with Gasteiger partial charge in [0.15, 0.2) is 11.5 Å². The Morgan fingerprint density at radius 3 is 2.59 bits per heavy atom. The van der Waals surface area contributed by atoms with Gasteiger partial charge in [-0.1, -0.05) is 13.8 Å². The van der Waals surface area contributed by atoms with Gasteiger partial charge in [0.1, 0.15) is 0 Å². The van der Waals surface area contributed by atoms with E-state index in [-0.39, 0.29) is 12.0 Å². The molecule has 0 bridgehead atoms. The highest BCUT2D eigenvalue weighted by atomic mass is 16.5. The number of rotatable bonds is 6. The minimum absolute atomic E-state index is 0.147. The third-order valence-corrected chi connectivity index (χ3v) is 2.96. The molecule has 0 radical (unpaired) electrons. The highest BCUT2D eigenvalue weighted by molar-refractivity contribution is 5.42. The van der Waals surface area contributed by atoms with Gasteiger partial charge in [0.25, 0.3) is 0 Å². The van der Waals surface area contributed by atoms with Crippen LogP contribution in [0.25, 0.3) is 0 Å². The van der Waals surface area contributed by atoms with Gasteiger partial charge < -0.3 is 14.6 Å². The summed E-state index contributed by atoms with van der Waals surface area (Å²) in [6.07, 6.45) is 2.80. The first kappa shape index (κ1) is 13.8. The molecule has 4 nitrogen and oxygen atoms in total. The van der Waals surface area contributed by atoms with Crippen LogP contribution in [-0.4, -0.2) is 30.4 Å². The van der Waals surface area contributed by atoms with Crippen molar-refractivity contribution in [2.75, 3.05) is 14.2 Å². The van der Waals surface area contributed by atoms with Gasteiger partial charge in [-0.3, -0.25) is 4.98 Å². The predicted octanol–water partition coefficient (Wildman–Crippen LogP) is 2.05. The molecular formula is C13H21NO3. The molecule has 0 aliphatic carbocycles. The van der Waals surface area contributed by atoms with Crippen molar-refractivity contribution in [2.24, 2.45) is 5.92 Å². The summed E-state index contributed by atoms with van der Waals surface area (Å²) in [6.45, 7) is 3.98. The zero-order chi connectivity index (χ0) is 12.8. The molecule has 1 aromatic rings. The smallest absolute Gasteiger partial charge is 0.182 e. The molecular weight excluding hydrogens is 218 g/mol. The van der Waals surface area contributed by atoms with E-state index >= 15 is 0 Å². The van der Waals surface area contributed by atoms with E-state index in [2.05, 4.69) is 4.98 Å². The molecule has 1 N–H and O–H groups in total. The summed E-state index contributed by atoms with van der Waals surface area (Å²) in [5.41, 5.74) is 0.826. The van der Waals surface area contributed by atoms with Crippen LogP contribution in [0.15, 0.2) is 12.3 Å². The van der Waals surface area contributed by atoms with Crippen LogP contribution >= 0.6 is 0 Å². The van der Waals surface area contributed by atoms with Gasteiger partial charge in [-0.05, 0) is 18.8 Å². The number of aliphatic hydroxyl groups excluding tert-OH is 1. The van der Waals surface area contributed by atoms with Crippen molar-refractivity contribution in [1.29, 1.82) is 0 Å². The maximum Gasteiger partial charge on any atom is 0.182 e. The van der Waals surface area contributed by atoms with Gasteiger partial charge in [-0.25, -0.2) is 0 Å². The average Bonchev–Trinajstić information content (AvgIpc) is 2.37. The molecule has 0 fully saturated rings. The Morgan fingerprint density at radius 1 is 1.35 bits per heavy atom. The van der Waals surface area contributed by atoms with Gasteiger partial charge in [-0.2, -0.15) is 0 Å². The lowest BCUT2D eigenvalue weighted by Crippen LogP contribution is -2.19. The molecule has 0 saturated carbocycles. The van der Waals surface area contributed by atoms with Gasteiger partial charge in [0.05, 0.1) is 26.0 Å². The van der Waals surface area contributed by atoms with Crippen molar-refractivity contribution in [3.05, 3.63) is 18.0 Å². The molecule has 96 valence electrons. The normalized spacial score (nSPS) is 14.2. The molecule has 0 amide bonds. The van der Waals surface area contributed by atoms with E-state index < -0.39 is 0 Å². The Morgan fingerprint density at radius 2 is 2.06 bits per heavy atom. The standard InChI is InChI=1S/C13H21NO3/c1-5-11(15)9(2)8-10-13(17-4)12(16-3)6-7-14-10/h6-7,9,11,15H,5,8H2,1-4H3. The summed E-state index contributed by atoms with van der Waals surface area (Å²) in [4.78, 5) is 4.30. The van der Waals surface area contributed by atoms with Gasteiger partial charge >= 0.3 is 0 Å². The molecule has 0 aromatic carbocycles. The zero-order valence-corrected chi connectivity index (χ0v) is 10.9. The second-order valence-electron chi connectivity index (χ2n) is 4.15. The zero-order valence-electron chi connectivity index (χ0n) is 10.9. The van der Waals surface area contributed by atoms with Crippen LogP contribution in [0.4, 0.5) is 0 Å². The number of ether oxygens (including phenoxy) is 2. The Labute approximate surface area is 103 Å². The lowest BCUT2D eigenvalue weighted by Gasteiger charge is -2.18. The van der Waals surface area contributed by atoms with Crippen LogP contribution in [0.5, 0.6) is 11.5 Å². The number of methoxy groups -OCH3 is 2. The minimum atomic E-state index is -0.312. The molecule has 0 spiro atoms. The highest BCUT2D eigenvalue weighted by Gasteiger charge is 2.18. The topological polar surface area (TPSA) is 51.6 Å². The number of hydrogen-bond donors (Lipinski definition) is 1. The largest absolute Gasteiger partial charge is 0.493 e. The second kappa shape index (κ2) is 6.45. The summed E-state index contributed by atoms with van der Waals surface area (Å²) >= 11 is 0. The van der Waals surface area contributed by atoms with E-state index in [1.807, 2.05) is 13.8 Å². The van der Waals surface area contributed by atoms with E-state index in [4.69, 9.17) is 9.47 Å². The van der Waals surface area contributed by atoms with Crippen molar-refractivity contribution in [2.45, 2.75) is 32.8 Å². The number of hydrogen-bond acceptors (Lipinski definition) is 4. The van der Waals surface area contributed by atoms with Gasteiger partial charge in [0, 0.05) is 12.3 Å². The molecule has 17 heavy (non-hydrogen) atoms. The van der Waals surface area contributed by atoms with Crippen LogP contribution in [0.2, 0.25) is 0 Å². The van der Waals surface area contributed by atoms with Crippen molar-refractivity contribution in [1.82, 2.24) is 4.98 Å². The van der Waals surface area contributed by atoms with E-state index in [1.165, 1.54) is 0 Å². The van der Waals surface area contributed by atoms with Crippen LogP contribution < -0.4 is 9.47 Å². The van der Waals surface area contributed by atoms with E-state index in [0.717, 1.165) is 12.1 Å². The molecule has 1 heterocycles. The van der Waals surface area contributed by atoms with E-state index in [1.54, 1.807) is 26.5 Å². The first-order valence-corrected chi connectivity index (χ1v) is 5.87. The fourth-order valence-corrected chi connectivity index (χ4v) is 1.84. The third kappa shape index (κ3) is 3.33. The lowest BCUT2D eigenvalue weighted by molar-refractivity contribution is 0.112. The lowest BCUT2D eigenvalue weighted by atomic mass is 9.96. The Bertz CT molecular complexity index is 355. The number of pyridine rings is 1. The molecule has 1 rings (SSSR count). The Balaban J connectivity index is 2.90. The van der Waals surface area contributed by atoms with Crippen molar-refractivity contribution in [3.63, 3.8) is 0 Å². The molecule has 2 unspecified atom stereocenters. The molecule has 0 saturated heterocycles. The van der Waals surface area contributed by atoms with E-state index in [9.17, 15) is 5.11 Å². The van der Waals surface area contributed by atoms with Crippen molar-refractivity contribution >= 4 is 0 Å². The molecule has 1 aromatic heterocycles. The van der Waals surface area contributed by atoms with Crippen LogP contribution in [0.3, 0.4) is 0 Å². The maximum absolute atomic E-state index is 9.78. The minimum Gasteiger partial charge on any atom is -0.493 e. The summed E-state index contributed by atoms with van der Waals surface area (Å²) in [5, 5.41) is 9.78. The van der Waals surface area contributed by atoms with Crippen LogP contribution in [0, 0.1) is 5.92 Å². The number of aliphatic hydroxyl groups is 1. The first-order valence-electron chi connectivity index (χ1n) is 5.87. The quantitative estimate of drug-likeness (QED) is 0.825. The SMILES string of the molecule is CCC(O)C(C)Cc1nccc(OC)c1OC. The van der Waals surface area contributed by atoms with E-state index in [0.29, 0.717) is 17.9 Å². The maximum atomic E-state index is 9.78. The number of aromatic nitrogens is 1. The molecule has 2 atom stereocenters. The Kier molecular flexibility index (Phi) is 5.22. The number of nitrogens with zero attached hydrogens (tertiary/aromatic N) is 1. The van der Waals surface area contributed by atoms with Gasteiger partial charge in [0.2, 0.25) is 0 Å². The average molecular weight is 239 g/mol. The second-order valence-corrected chi connectivity index (χ2v) is 4.15. The van der Waals surface area contributed by atoms with Crippen LogP contribution in [0.1, 0.15) is 26.0 Å². The molecule has 0 aliphatic rings. The summed E-state index contributed by atoms with van der Waals surface area (Å²) in [6, 6.07) is 1.77. The molecule has 0 aliphatic heterocycles. The van der Waals surface area contributed by atoms with Crippen molar-refractivity contribution in [3.8, 4) is 11.5 Å². The monoisotopic (exact) mass is 239 g/mol. The fraction of sp³-hybridized carbons (Fsp3) is 0.615. The summed E-state index contributed by atoms with van der Waals surface area (Å²) < 4.78 is 10.5. The van der Waals surface area contributed by atoms with Crippen LogP contribution in [-0.2, 0) is 6.42 Å². The molecule has 4 heteroatoms. The first-order chi connectivity index (χ1) is 8.13. The van der Waals surface area contributed by atoms with Crippen molar-refractivity contribution < 1.29 is 14.6 Å². The highest BCUT2D eigenvalue weighted by Crippen LogP contribution is 2.31. The summed E-state index contributed by atoms with van der Waals surface area (Å²) in [7, 11) is 3.20. The predicted molar refractivity (Wildman–Crippen MR) is 66.5 cm³/mol. The fourth-order valence-electron chi connectivity index (χ4n) is 1.84.